The highest BCUT2D eigenvalue weighted by Crippen LogP contribution is 2.33. The van der Waals surface area contributed by atoms with Crippen molar-refractivity contribution in [1.29, 1.82) is 0 Å². The van der Waals surface area contributed by atoms with Gasteiger partial charge in [0, 0.05) is 39.6 Å². The number of nitrogens with one attached hydrogen (secondary N) is 1. The van der Waals surface area contributed by atoms with E-state index in [1.54, 1.807) is 6.20 Å². The van der Waals surface area contributed by atoms with E-state index in [2.05, 4.69) is 9.97 Å². The molecule has 0 radical (unpaired) electrons. The van der Waals surface area contributed by atoms with E-state index in [4.69, 9.17) is 4.99 Å². The molecular formula is C24H17N3O. The van der Waals surface area contributed by atoms with E-state index in [0.717, 1.165) is 38.6 Å². The summed E-state index contributed by atoms with van der Waals surface area (Å²) >= 11 is 0. The average Bonchev–Trinajstić information content (AvgIpc) is 3.08. The molecule has 0 atom stereocenters. The average molecular weight is 363 g/mol. The van der Waals surface area contributed by atoms with Gasteiger partial charge >= 0.3 is 0 Å². The van der Waals surface area contributed by atoms with Gasteiger partial charge in [-0.25, -0.2) is 4.99 Å². The Morgan fingerprint density at radius 2 is 1.64 bits per heavy atom. The number of aliphatic imine (C=N–C) groups is 1. The van der Waals surface area contributed by atoms with Crippen molar-refractivity contribution in [3.8, 4) is 5.88 Å². The third-order valence-corrected chi connectivity index (χ3v) is 4.86. The van der Waals surface area contributed by atoms with Gasteiger partial charge in [-0.3, -0.25) is 4.98 Å². The summed E-state index contributed by atoms with van der Waals surface area (Å²) < 4.78 is 0. The zero-order valence-corrected chi connectivity index (χ0v) is 15.0. The van der Waals surface area contributed by atoms with Crippen LogP contribution in [0.5, 0.6) is 5.88 Å². The van der Waals surface area contributed by atoms with E-state index >= 15 is 0 Å². The molecule has 2 aromatic heterocycles. The van der Waals surface area contributed by atoms with Crippen LogP contribution in [0.3, 0.4) is 0 Å². The second kappa shape index (κ2) is 6.67. The highest BCUT2D eigenvalue weighted by Gasteiger charge is 2.18. The molecule has 0 bridgehead atoms. The van der Waals surface area contributed by atoms with Crippen LogP contribution in [0.25, 0.3) is 21.7 Å². The predicted molar refractivity (Wildman–Crippen MR) is 113 cm³/mol. The second-order valence-electron chi connectivity index (χ2n) is 6.59. The molecule has 0 aliphatic rings. The Balaban J connectivity index is 1.83. The van der Waals surface area contributed by atoms with Gasteiger partial charge in [-0.05, 0) is 18.2 Å². The molecule has 0 aliphatic carbocycles. The fraction of sp³-hybridized carbons (Fsp3) is 0. The van der Waals surface area contributed by atoms with E-state index in [-0.39, 0.29) is 5.88 Å². The number of aromatic amines is 1. The van der Waals surface area contributed by atoms with E-state index in [0.29, 0.717) is 5.56 Å². The Kier molecular flexibility index (Phi) is 3.87. The maximum absolute atomic E-state index is 10.7. The zero-order chi connectivity index (χ0) is 18.9. The van der Waals surface area contributed by atoms with Crippen molar-refractivity contribution in [3.63, 3.8) is 0 Å². The molecule has 134 valence electrons. The number of hydrogen-bond donors (Lipinski definition) is 2. The van der Waals surface area contributed by atoms with Crippen LogP contribution in [-0.4, -0.2) is 20.8 Å². The van der Waals surface area contributed by atoms with Crippen molar-refractivity contribution in [2.75, 3.05) is 0 Å². The topological polar surface area (TPSA) is 61.3 Å². The van der Waals surface area contributed by atoms with Crippen molar-refractivity contribution in [3.05, 3.63) is 102 Å². The van der Waals surface area contributed by atoms with E-state index in [1.165, 1.54) is 0 Å². The lowest BCUT2D eigenvalue weighted by Gasteiger charge is -2.09. The number of rotatable bonds is 3. The van der Waals surface area contributed by atoms with Crippen LogP contribution in [0.2, 0.25) is 0 Å². The normalized spacial score (nSPS) is 11.9. The summed E-state index contributed by atoms with van der Waals surface area (Å²) in [6, 6.07) is 25.7. The number of H-pyrrole nitrogens is 1. The van der Waals surface area contributed by atoms with Crippen LogP contribution in [0.15, 0.2) is 96.2 Å². The summed E-state index contributed by atoms with van der Waals surface area (Å²) in [4.78, 5) is 12.3. The van der Waals surface area contributed by atoms with Crippen molar-refractivity contribution in [2.24, 2.45) is 4.99 Å². The van der Waals surface area contributed by atoms with Crippen LogP contribution < -0.4 is 0 Å². The second-order valence-corrected chi connectivity index (χ2v) is 6.59. The molecule has 5 rings (SSSR count). The maximum atomic E-state index is 10.7. The van der Waals surface area contributed by atoms with Gasteiger partial charge in [0.2, 0.25) is 0 Å². The molecule has 2 N–H and O–H groups in total. The van der Waals surface area contributed by atoms with Gasteiger partial charge in [-0.2, -0.15) is 0 Å². The van der Waals surface area contributed by atoms with Gasteiger partial charge in [-0.1, -0.05) is 60.7 Å². The fourth-order valence-corrected chi connectivity index (χ4v) is 3.55. The molecule has 0 unspecified atom stereocenters. The Bertz CT molecular complexity index is 1310. The molecule has 0 amide bonds. The van der Waals surface area contributed by atoms with Gasteiger partial charge in [0.25, 0.3) is 0 Å². The van der Waals surface area contributed by atoms with E-state index < -0.39 is 0 Å². The van der Waals surface area contributed by atoms with Crippen LogP contribution in [0.1, 0.15) is 11.1 Å². The number of aromatic hydroxyl groups is 1. The summed E-state index contributed by atoms with van der Waals surface area (Å²) in [5.74, 6) is 0.116. The number of aromatic nitrogens is 2. The minimum absolute atomic E-state index is 0.116. The Labute approximate surface area is 161 Å². The first-order valence-electron chi connectivity index (χ1n) is 9.08. The smallest absolute Gasteiger partial charge is 0.199 e. The first-order valence-corrected chi connectivity index (χ1v) is 9.08. The van der Waals surface area contributed by atoms with Crippen LogP contribution in [0, 0.1) is 0 Å². The highest BCUT2D eigenvalue weighted by molar-refractivity contribution is 6.22. The number of pyridine rings is 1. The number of nitrogens with zero attached hydrogens (tertiary/aromatic N) is 2. The molecule has 0 aliphatic heterocycles. The fourth-order valence-electron chi connectivity index (χ4n) is 3.55. The largest absolute Gasteiger partial charge is 0.494 e. The molecule has 0 fully saturated rings. The molecule has 0 spiro atoms. The van der Waals surface area contributed by atoms with Gasteiger partial charge in [0.05, 0.1) is 17.0 Å². The standard InChI is InChI=1S/C24H17N3O/c28-24-22(19-10-4-5-11-21(19)27-24)23(16-7-2-1-3-8-16)26-20-12-6-9-17-15-25-14-13-18(17)20/h1-15,27-28H. The Morgan fingerprint density at radius 1 is 0.821 bits per heavy atom. The van der Waals surface area contributed by atoms with Crippen molar-refractivity contribution in [2.45, 2.75) is 0 Å². The van der Waals surface area contributed by atoms with Gasteiger partial charge in [0.15, 0.2) is 5.88 Å². The van der Waals surface area contributed by atoms with Crippen molar-refractivity contribution < 1.29 is 5.11 Å². The number of hydrogen-bond acceptors (Lipinski definition) is 3. The lowest BCUT2D eigenvalue weighted by molar-refractivity contribution is 0.457. The summed E-state index contributed by atoms with van der Waals surface area (Å²) in [6.07, 6.45) is 3.60. The minimum Gasteiger partial charge on any atom is -0.494 e. The quantitative estimate of drug-likeness (QED) is 0.410. The molecule has 4 nitrogen and oxygen atoms in total. The van der Waals surface area contributed by atoms with Crippen molar-refractivity contribution >= 4 is 33.1 Å². The molecule has 5 aromatic rings. The predicted octanol–water partition coefficient (Wildman–Crippen LogP) is 5.59. The van der Waals surface area contributed by atoms with Crippen LogP contribution in [-0.2, 0) is 0 Å². The Hall–Kier alpha value is -3.92. The molecule has 2 heterocycles. The van der Waals surface area contributed by atoms with Gasteiger partial charge in [0.1, 0.15) is 0 Å². The highest BCUT2D eigenvalue weighted by atomic mass is 16.3. The molecular weight excluding hydrogens is 346 g/mol. The number of para-hydroxylation sites is 1. The summed E-state index contributed by atoms with van der Waals surface area (Å²) in [5, 5.41) is 13.7. The summed E-state index contributed by atoms with van der Waals surface area (Å²) in [5.41, 5.74) is 4.07. The van der Waals surface area contributed by atoms with Crippen LogP contribution >= 0.6 is 0 Å². The van der Waals surface area contributed by atoms with Crippen LogP contribution in [0.4, 0.5) is 5.69 Å². The lowest BCUT2D eigenvalue weighted by Crippen LogP contribution is -2.02. The van der Waals surface area contributed by atoms with E-state index in [1.807, 2.05) is 85.1 Å². The first kappa shape index (κ1) is 16.3. The monoisotopic (exact) mass is 363 g/mol. The third-order valence-electron chi connectivity index (χ3n) is 4.86. The first-order chi connectivity index (χ1) is 13.8. The van der Waals surface area contributed by atoms with Gasteiger partial charge < -0.3 is 10.1 Å². The molecule has 0 saturated heterocycles. The van der Waals surface area contributed by atoms with Crippen molar-refractivity contribution in [1.82, 2.24) is 9.97 Å². The Morgan fingerprint density at radius 3 is 2.54 bits per heavy atom. The SMILES string of the molecule is Oc1[nH]c2ccccc2c1C(=Nc1cccc2cnccc12)c1ccccc1. The third kappa shape index (κ3) is 2.72. The van der Waals surface area contributed by atoms with E-state index in [9.17, 15) is 5.11 Å². The maximum Gasteiger partial charge on any atom is 0.199 e. The number of fused-ring (bicyclic) bond motifs is 2. The zero-order valence-electron chi connectivity index (χ0n) is 15.0. The lowest BCUT2D eigenvalue weighted by atomic mass is 10.0. The summed E-state index contributed by atoms with van der Waals surface area (Å²) in [6.45, 7) is 0. The molecule has 4 heteroatoms. The van der Waals surface area contributed by atoms with Gasteiger partial charge in [-0.15, -0.1) is 0 Å². The minimum atomic E-state index is 0.116. The molecule has 3 aromatic carbocycles. The summed E-state index contributed by atoms with van der Waals surface area (Å²) in [7, 11) is 0. The number of benzene rings is 3. The molecule has 0 saturated carbocycles. The molecule has 28 heavy (non-hydrogen) atoms.